The topological polar surface area (TPSA) is 225 Å². The summed E-state index contributed by atoms with van der Waals surface area (Å²) in [5.74, 6) is -6.56. The first kappa shape index (κ1) is 44.6. The molecule has 63 heavy (non-hydrogen) atoms. The average molecular weight is 861 g/mol. The molecule has 0 radical (unpaired) electrons. The molecule has 1 saturated heterocycles. The van der Waals surface area contributed by atoms with Crippen molar-refractivity contribution >= 4 is 35.6 Å². The van der Waals surface area contributed by atoms with Gasteiger partial charge in [0.15, 0.2) is 23.6 Å². The van der Waals surface area contributed by atoms with Gasteiger partial charge >= 0.3 is 23.9 Å². The summed E-state index contributed by atoms with van der Waals surface area (Å²) in [7, 11) is 0. The van der Waals surface area contributed by atoms with Gasteiger partial charge in [-0.25, -0.2) is 9.59 Å². The predicted octanol–water partition coefficient (Wildman–Crippen LogP) is 4.41. The molecule has 0 bridgehead atoms. The summed E-state index contributed by atoms with van der Waals surface area (Å²) < 4.78 is 30.7. The Hall–Kier alpha value is -6.47. The van der Waals surface area contributed by atoms with E-state index in [9.17, 15) is 39.4 Å². The van der Waals surface area contributed by atoms with Gasteiger partial charge in [0.25, 0.3) is 5.91 Å². The van der Waals surface area contributed by atoms with Crippen LogP contribution < -0.4 is 5.32 Å². The van der Waals surface area contributed by atoms with E-state index < -0.39 is 101 Å². The number of amides is 1. The Morgan fingerprint density at radius 2 is 1.57 bits per heavy atom. The maximum absolute atomic E-state index is 15.4. The van der Waals surface area contributed by atoms with E-state index in [1.54, 1.807) is 74.5 Å². The van der Waals surface area contributed by atoms with E-state index in [4.69, 9.17) is 23.7 Å². The van der Waals surface area contributed by atoms with Crippen LogP contribution >= 0.6 is 0 Å². The Bertz CT molecular complexity index is 2450. The highest BCUT2D eigenvalue weighted by Gasteiger charge is 2.78. The van der Waals surface area contributed by atoms with Crippen LogP contribution in [0.1, 0.15) is 85.3 Å². The van der Waals surface area contributed by atoms with Crippen molar-refractivity contribution in [3.8, 4) is 6.07 Å². The van der Waals surface area contributed by atoms with Gasteiger partial charge in [-0.05, 0) is 67.8 Å². The zero-order valence-corrected chi connectivity index (χ0v) is 35.4. The second-order valence-electron chi connectivity index (χ2n) is 16.9. The van der Waals surface area contributed by atoms with Crippen LogP contribution in [0.15, 0.2) is 108 Å². The SMILES string of the molecule is C=C(C)[C@@]12C[C@H](OC(=O)[C@H](O)[C@@H](NC(=O)c3ccccc3)c3ccccc3)C(C)=C1[C@@H](OC(C)=O)C(=O)[C@@]1(C)[C@H]([C@@H]2OC(=O)c2cccc(C#N)c2)[C@]2(OC(C)=O)CO[C@@H]2C[C@@H]1O. The number of Topliss-reactive ketones (excluding diaryl/α,β-unsaturated/α-hetero) is 1. The molecular formula is C48H48N2O13. The molecule has 11 atom stereocenters. The van der Waals surface area contributed by atoms with Gasteiger partial charge in [0.05, 0.1) is 52.7 Å². The summed E-state index contributed by atoms with van der Waals surface area (Å²) in [6.07, 6.45) is -9.66. The first-order valence-corrected chi connectivity index (χ1v) is 20.5. The summed E-state index contributed by atoms with van der Waals surface area (Å²) >= 11 is 0. The molecule has 1 amide bonds. The number of ketones is 1. The van der Waals surface area contributed by atoms with Crippen molar-refractivity contribution in [1.82, 2.24) is 5.32 Å². The van der Waals surface area contributed by atoms with Crippen LogP contribution in [0, 0.1) is 28.1 Å². The maximum Gasteiger partial charge on any atom is 0.338 e. The molecule has 2 saturated carbocycles. The lowest BCUT2D eigenvalue weighted by molar-refractivity contribution is -0.332. The monoisotopic (exact) mass is 860 g/mol. The summed E-state index contributed by atoms with van der Waals surface area (Å²) in [5.41, 5.74) is -4.18. The minimum Gasteiger partial charge on any atom is -0.457 e. The zero-order valence-electron chi connectivity index (χ0n) is 35.4. The molecule has 15 nitrogen and oxygen atoms in total. The Balaban J connectivity index is 1.38. The summed E-state index contributed by atoms with van der Waals surface area (Å²) in [6.45, 7) is 10.9. The number of carbonyl (C=O) groups is 6. The van der Waals surface area contributed by atoms with Gasteiger partial charge in [-0.1, -0.05) is 66.7 Å². The third-order valence-corrected chi connectivity index (χ3v) is 13.2. The van der Waals surface area contributed by atoms with E-state index in [1.807, 2.05) is 6.07 Å². The number of aliphatic hydroxyl groups excluding tert-OH is 2. The van der Waals surface area contributed by atoms with Crippen molar-refractivity contribution in [2.45, 2.75) is 95.7 Å². The lowest BCUT2D eigenvalue weighted by Crippen LogP contribution is -2.77. The third kappa shape index (κ3) is 7.51. The van der Waals surface area contributed by atoms with Gasteiger partial charge in [0.2, 0.25) is 0 Å². The molecule has 1 aliphatic heterocycles. The van der Waals surface area contributed by atoms with Crippen molar-refractivity contribution in [1.29, 1.82) is 5.26 Å². The molecule has 3 fully saturated rings. The van der Waals surface area contributed by atoms with Gasteiger partial charge < -0.3 is 39.2 Å². The lowest BCUT2D eigenvalue weighted by Gasteiger charge is -2.63. The van der Waals surface area contributed by atoms with Crippen molar-refractivity contribution in [3.05, 3.63) is 130 Å². The number of nitrogens with zero attached hydrogens (tertiary/aromatic N) is 1. The number of rotatable bonds is 11. The first-order valence-electron chi connectivity index (χ1n) is 20.5. The van der Waals surface area contributed by atoms with Crippen LogP contribution in [0.4, 0.5) is 0 Å². The number of aliphatic hydroxyl groups is 2. The lowest BCUT2D eigenvalue weighted by atomic mass is 9.51. The molecule has 3 aromatic carbocycles. The predicted molar refractivity (Wildman–Crippen MR) is 221 cm³/mol. The van der Waals surface area contributed by atoms with Crippen molar-refractivity contribution in [3.63, 3.8) is 0 Å². The van der Waals surface area contributed by atoms with Gasteiger partial charge in [0, 0.05) is 32.3 Å². The van der Waals surface area contributed by atoms with Gasteiger partial charge in [0.1, 0.15) is 18.3 Å². The molecule has 0 spiro atoms. The van der Waals surface area contributed by atoms with Crippen LogP contribution in [-0.4, -0.2) is 94.6 Å². The van der Waals surface area contributed by atoms with E-state index in [0.717, 1.165) is 6.92 Å². The number of hydrogen-bond donors (Lipinski definition) is 3. The van der Waals surface area contributed by atoms with Crippen LogP contribution in [0.25, 0.3) is 0 Å². The van der Waals surface area contributed by atoms with Gasteiger partial charge in [-0.3, -0.25) is 19.2 Å². The molecule has 0 unspecified atom stereocenters. The highest BCUT2D eigenvalue weighted by atomic mass is 16.6. The second-order valence-corrected chi connectivity index (χ2v) is 16.9. The number of nitrogens with one attached hydrogen (secondary N) is 1. The largest absolute Gasteiger partial charge is 0.457 e. The Morgan fingerprint density at radius 1 is 0.921 bits per heavy atom. The Kier molecular flexibility index (Phi) is 12.0. The molecule has 7 rings (SSSR count). The number of benzene rings is 3. The van der Waals surface area contributed by atoms with E-state index >= 15 is 4.79 Å². The fourth-order valence-corrected chi connectivity index (χ4v) is 10.2. The number of esters is 4. The molecule has 1 heterocycles. The van der Waals surface area contributed by atoms with E-state index in [0.29, 0.717) is 5.56 Å². The van der Waals surface area contributed by atoms with Crippen molar-refractivity contribution in [2.75, 3.05) is 6.61 Å². The van der Waals surface area contributed by atoms with Gasteiger partial charge in [-0.15, -0.1) is 0 Å². The standard InChI is InChI=1S/C48H48N2O13/c1-25(2)47-22-33(61-45(58)38(54)37(30-15-9-7-10-16-30)50-43(56)31-17-11-8-12-18-31)26(3)36(47)39(60-27(4)51)41(55)46(6)34(53)21-35-48(24-59-35,63-28(5)52)40(46)42(47)62-44(57)32-19-13-14-29(20-32)23-49/h7-20,33-35,37-40,42,53-54H,1,21-22,24H2,2-6H3,(H,50,56)/t33-,34-,35+,37-,38+,39+,40-,42-,46+,47-,48-/m0/s1. The van der Waals surface area contributed by atoms with Crippen LogP contribution in [0.2, 0.25) is 0 Å². The molecule has 3 aromatic rings. The van der Waals surface area contributed by atoms with E-state index in [2.05, 4.69) is 11.9 Å². The minimum atomic E-state index is -1.99. The maximum atomic E-state index is 15.4. The quantitative estimate of drug-likeness (QED) is 0.138. The molecule has 328 valence electrons. The van der Waals surface area contributed by atoms with Crippen LogP contribution in [0.5, 0.6) is 0 Å². The summed E-state index contributed by atoms with van der Waals surface area (Å²) in [6, 6.07) is 22.9. The number of hydrogen-bond acceptors (Lipinski definition) is 14. The average Bonchev–Trinajstić information content (AvgIpc) is 3.52. The Labute approximate surface area is 363 Å². The number of fused-ring (bicyclic) bond motifs is 4. The number of nitriles is 1. The molecule has 0 aromatic heterocycles. The second kappa shape index (κ2) is 17.0. The smallest absolute Gasteiger partial charge is 0.338 e. The number of ether oxygens (including phenoxy) is 5. The molecular weight excluding hydrogens is 813 g/mol. The zero-order chi connectivity index (χ0) is 45.6. The fourth-order valence-electron chi connectivity index (χ4n) is 10.2. The Morgan fingerprint density at radius 3 is 2.16 bits per heavy atom. The molecule has 3 aliphatic carbocycles. The molecule has 4 aliphatic rings. The van der Waals surface area contributed by atoms with Crippen LogP contribution in [-0.2, 0) is 42.9 Å². The highest BCUT2D eigenvalue weighted by molar-refractivity contribution is 5.97. The third-order valence-electron chi connectivity index (χ3n) is 13.2. The first-order chi connectivity index (χ1) is 29.9. The van der Waals surface area contributed by atoms with Crippen molar-refractivity contribution < 1.29 is 62.7 Å². The molecule has 3 N–H and O–H groups in total. The molecule has 15 heteroatoms. The fraction of sp³-hybridized carbons (Fsp3) is 0.396. The normalized spacial score (nSPS) is 30.3. The van der Waals surface area contributed by atoms with Gasteiger partial charge in [-0.2, -0.15) is 5.26 Å². The number of carbonyl (C=O) groups excluding carboxylic acids is 6. The highest BCUT2D eigenvalue weighted by Crippen LogP contribution is 2.66. The van der Waals surface area contributed by atoms with E-state index in [1.165, 1.54) is 38.1 Å². The van der Waals surface area contributed by atoms with Crippen molar-refractivity contribution in [2.24, 2.45) is 16.7 Å². The minimum absolute atomic E-state index is 0.0464. The summed E-state index contributed by atoms with van der Waals surface area (Å²) in [4.78, 5) is 83.8. The van der Waals surface area contributed by atoms with Crippen LogP contribution in [0.3, 0.4) is 0 Å². The van der Waals surface area contributed by atoms with E-state index in [-0.39, 0.29) is 52.9 Å². The summed E-state index contributed by atoms with van der Waals surface area (Å²) in [5, 5.41) is 36.3.